The van der Waals surface area contributed by atoms with E-state index in [1.54, 1.807) is 7.11 Å². The number of benzene rings is 1. The predicted molar refractivity (Wildman–Crippen MR) is 86.2 cm³/mol. The third kappa shape index (κ3) is 4.28. The van der Waals surface area contributed by atoms with Crippen LogP contribution in [-0.2, 0) is 22.4 Å². The lowest BCUT2D eigenvalue weighted by Gasteiger charge is -2.07. The molecule has 5 heteroatoms. The molecule has 0 spiro atoms. The van der Waals surface area contributed by atoms with Crippen LogP contribution in [0.15, 0.2) is 42.6 Å². The zero-order valence-corrected chi connectivity index (χ0v) is 13.1. The number of aromatic amines is 1. The number of ether oxygens (including phenoxy) is 1. The van der Waals surface area contributed by atoms with E-state index in [2.05, 4.69) is 41.2 Å². The van der Waals surface area contributed by atoms with E-state index in [-0.39, 0.29) is 6.15 Å². The lowest BCUT2D eigenvalue weighted by molar-refractivity contribution is -0.191. The maximum Gasteiger partial charge on any atom is 0.373 e. The number of H-pyrrole nitrogens is 1. The van der Waals surface area contributed by atoms with Gasteiger partial charge >= 0.3 is 6.15 Å². The molecule has 3 rings (SSSR count). The molecular weight excluding hydrogens is 292 g/mol. The van der Waals surface area contributed by atoms with Crippen molar-refractivity contribution in [2.45, 2.75) is 19.8 Å². The molecule has 0 fully saturated rings. The number of fused-ring (bicyclic) bond motifs is 1. The van der Waals surface area contributed by atoms with Crippen molar-refractivity contribution in [3.63, 3.8) is 0 Å². The molecule has 118 valence electrons. The first kappa shape index (κ1) is 16.5. The summed E-state index contributed by atoms with van der Waals surface area (Å²) in [7, 11) is 1.72. The minimum atomic E-state index is 0.250. The van der Waals surface area contributed by atoms with Gasteiger partial charge in [0.1, 0.15) is 11.4 Å². The fourth-order valence-electron chi connectivity index (χ4n) is 2.52. The summed E-state index contributed by atoms with van der Waals surface area (Å²) in [5, 5.41) is 1.18. The van der Waals surface area contributed by atoms with Crippen LogP contribution in [0.1, 0.15) is 16.8 Å². The standard InChI is InChI=1S/C17H18N2O.CO2/c1-12-9-15-10-13(11-18-17(15)19-12)7-8-14-5-3-4-6-16(14)20-2;2-1-3/h3-6,9-11H,7-8H2,1-2H3,(H,18,19);. The van der Waals surface area contributed by atoms with Gasteiger partial charge in [0.25, 0.3) is 0 Å². The third-order valence-corrected chi connectivity index (χ3v) is 3.54. The van der Waals surface area contributed by atoms with Gasteiger partial charge in [0.05, 0.1) is 7.11 Å². The Balaban J connectivity index is 0.000000595. The number of nitrogens with zero attached hydrogens (tertiary/aromatic N) is 1. The highest BCUT2D eigenvalue weighted by Crippen LogP contribution is 2.20. The molecule has 1 N–H and O–H groups in total. The van der Waals surface area contributed by atoms with E-state index in [1.165, 1.54) is 16.5 Å². The fraction of sp³-hybridized carbons (Fsp3) is 0.222. The van der Waals surface area contributed by atoms with Crippen LogP contribution in [-0.4, -0.2) is 23.2 Å². The summed E-state index contributed by atoms with van der Waals surface area (Å²) in [6.45, 7) is 2.05. The molecule has 0 saturated carbocycles. The first-order chi connectivity index (χ1) is 11.2. The lowest BCUT2D eigenvalue weighted by Crippen LogP contribution is -1.95. The van der Waals surface area contributed by atoms with Gasteiger partial charge in [0, 0.05) is 17.3 Å². The summed E-state index contributed by atoms with van der Waals surface area (Å²) < 4.78 is 5.39. The van der Waals surface area contributed by atoms with Gasteiger partial charge in [-0.25, -0.2) is 4.98 Å². The van der Waals surface area contributed by atoms with Gasteiger partial charge in [0.2, 0.25) is 0 Å². The molecule has 0 aliphatic carbocycles. The smallest absolute Gasteiger partial charge is 0.373 e. The molecule has 0 aliphatic rings. The molecule has 2 aromatic heterocycles. The van der Waals surface area contributed by atoms with Crippen LogP contribution in [0.5, 0.6) is 5.75 Å². The summed E-state index contributed by atoms with van der Waals surface area (Å²) in [5.74, 6) is 0.957. The molecule has 0 radical (unpaired) electrons. The minimum Gasteiger partial charge on any atom is -0.496 e. The van der Waals surface area contributed by atoms with Crippen LogP contribution in [0.25, 0.3) is 11.0 Å². The molecule has 0 unspecified atom stereocenters. The second-order valence-corrected chi connectivity index (χ2v) is 5.13. The van der Waals surface area contributed by atoms with Gasteiger partial charge in [0.15, 0.2) is 0 Å². The van der Waals surface area contributed by atoms with E-state index in [0.717, 1.165) is 29.9 Å². The number of methoxy groups -OCH3 is 1. The van der Waals surface area contributed by atoms with Crippen LogP contribution in [0, 0.1) is 6.92 Å². The normalized spacial score (nSPS) is 9.83. The van der Waals surface area contributed by atoms with Crippen molar-refractivity contribution in [2.75, 3.05) is 7.11 Å². The maximum absolute atomic E-state index is 8.12. The largest absolute Gasteiger partial charge is 0.496 e. The van der Waals surface area contributed by atoms with Gasteiger partial charge in [-0.05, 0) is 49.1 Å². The van der Waals surface area contributed by atoms with Gasteiger partial charge in [-0.15, -0.1) is 0 Å². The number of aromatic nitrogens is 2. The first-order valence-electron chi connectivity index (χ1n) is 7.23. The number of rotatable bonds is 4. The van der Waals surface area contributed by atoms with E-state index in [0.29, 0.717) is 0 Å². The molecule has 0 atom stereocenters. The first-order valence-corrected chi connectivity index (χ1v) is 7.23. The maximum atomic E-state index is 8.12. The second kappa shape index (κ2) is 7.92. The Hall–Kier alpha value is -2.91. The summed E-state index contributed by atoms with van der Waals surface area (Å²) in [5.41, 5.74) is 4.60. The number of carbonyl (C=O) groups excluding carboxylic acids is 2. The quantitative estimate of drug-likeness (QED) is 0.804. The van der Waals surface area contributed by atoms with E-state index in [4.69, 9.17) is 14.3 Å². The Morgan fingerprint density at radius 1 is 1.17 bits per heavy atom. The van der Waals surface area contributed by atoms with E-state index in [9.17, 15) is 0 Å². The monoisotopic (exact) mass is 310 g/mol. The number of hydrogen-bond acceptors (Lipinski definition) is 4. The Kier molecular flexibility index (Phi) is 5.67. The molecular formula is C18H18N2O3. The summed E-state index contributed by atoms with van der Waals surface area (Å²) in [4.78, 5) is 24.0. The molecule has 0 bridgehead atoms. The number of aryl methyl sites for hydroxylation is 3. The highest BCUT2D eigenvalue weighted by atomic mass is 16.5. The highest BCUT2D eigenvalue weighted by molar-refractivity contribution is 5.76. The Labute approximate surface area is 134 Å². The number of hydrogen-bond donors (Lipinski definition) is 1. The van der Waals surface area contributed by atoms with Crippen LogP contribution < -0.4 is 4.74 Å². The molecule has 2 heterocycles. The van der Waals surface area contributed by atoms with Crippen molar-refractivity contribution in [2.24, 2.45) is 0 Å². The number of pyridine rings is 1. The van der Waals surface area contributed by atoms with Crippen LogP contribution in [0.2, 0.25) is 0 Å². The van der Waals surface area contributed by atoms with Gasteiger partial charge in [-0.3, -0.25) is 0 Å². The molecule has 0 saturated heterocycles. The van der Waals surface area contributed by atoms with Crippen molar-refractivity contribution in [1.82, 2.24) is 9.97 Å². The van der Waals surface area contributed by atoms with Crippen LogP contribution in [0.3, 0.4) is 0 Å². The Morgan fingerprint density at radius 3 is 2.65 bits per heavy atom. The molecule has 1 aromatic carbocycles. The molecule has 0 amide bonds. The van der Waals surface area contributed by atoms with Gasteiger partial charge in [-0.1, -0.05) is 18.2 Å². The summed E-state index contributed by atoms with van der Waals surface area (Å²) in [6.07, 6.45) is 4.13. The zero-order valence-electron chi connectivity index (χ0n) is 13.1. The molecule has 3 aromatic rings. The summed E-state index contributed by atoms with van der Waals surface area (Å²) >= 11 is 0. The second-order valence-electron chi connectivity index (χ2n) is 5.13. The van der Waals surface area contributed by atoms with Gasteiger partial charge < -0.3 is 9.72 Å². The highest BCUT2D eigenvalue weighted by Gasteiger charge is 2.04. The molecule has 5 nitrogen and oxygen atoms in total. The van der Waals surface area contributed by atoms with E-state index in [1.807, 2.05) is 18.3 Å². The number of para-hydroxylation sites is 1. The Bertz CT molecular complexity index is 818. The average molecular weight is 310 g/mol. The summed E-state index contributed by atoms with van der Waals surface area (Å²) in [6, 6.07) is 12.5. The van der Waals surface area contributed by atoms with Crippen molar-refractivity contribution in [3.8, 4) is 5.75 Å². The van der Waals surface area contributed by atoms with Crippen molar-refractivity contribution < 1.29 is 14.3 Å². The van der Waals surface area contributed by atoms with E-state index < -0.39 is 0 Å². The minimum absolute atomic E-state index is 0.250. The fourth-order valence-corrected chi connectivity index (χ4v) is 2.52. The predicted octanol–water partition coefficient (Wildman–Crippen LogP) is 3.08. The van der Waals surface area contributed by atoms with Crippen molar-refractivity contribution in [3.05, 3.63) is 59.4 Å². The zero-order chi connectivity index (χ0) is 16.7. The number of nitrogens with one attached hydrogen (secondary N) is 1. The average Bonchev–Trinajstić information content (AvgIpc) is 2.93. The van der Waals surface area contributed by atoms with Gasteiger partial charge in [-0.2, -0.15) is 9.59 Å². The van der Waals surface area contributed by atoms with Crippen molar-refractivity contribution in [1.29, 1.82) is 0 Å². The Morgan fingerprint density at radius 2 is 1.91 bits per heavy atom. The molecule has 23 heavy (non-hydrogen) atoms. The van der Waals surface area contributed by atoms with Crippen LogP contribution >= 0.6 is 0 Å². The lowest BCUT2D eigenvalue weighted by atomic mass is 10.0. The van der Waals surface area contributed by atoms with Crippen LogP contribution in [0.4, 0.5) is 0 Å². The SMILES string of the molecule is COc1ccccc1CCc1cnc2[nH]c(C)cc2c1.O=C=O. The van der Waals surface area contributed by atoms with E-state index >= 15 is 0 Å². The third-order valence-electron chi connectivity index (χ3n) is 3.54. The topological polar surface area (TPSA) is 72.0 Å². The molecule has 0 aliphatic heterocycles. The van der Waals surface area contributed by atoms with Crippen molar-refractivity contribution >= 4 is 17.2 Å².